The molecule has 122 valence electrons. The molecule has 0 saturated carbocycles. The number of thioether (sulfide) groups is 1. The number of halogens is 1. The molecule has 2 aromatic carbocycles. The zero-order chi connectivity index (χ0) is 17.0. The Balaban J connectivity index is 1.82. The molecule has 2 nitrogen and oxygen atoms in total. The van der Waals surface area contributed by atoms with Gasteiger partial charge in [0.1, 0.15) is 6.01 Å². The fourth-order valence-electron chi connectivity index (χ4n) is 4.22. The van der Waals surface area contributed by atoms with Crippen molar-refractivity contribution in [2.45, 2.75) is 11.8 Å². The van der Waals surface area contributed by atoms with Crippen molar-refractivity contribution in [3.63, 3.8) is 0 Å². The van der Waals surface area contributed by atoms with Crippen LogP contribution in [0.1, 0.15) is 17.5 Å². The Morgan fingerprint density at radius 1 is 1.16 bits per heavy atom. The zero-order valence-corrected chi connectivity index (χ0v) is 14.1. The van der Waals surface area contributed by atoms with E-state index in [1.54, 1.807) is 6.20 Å². The number of hydrogen-bond acceptors (Lipinski definition) is 3. The van der Waals surface area contributed by atoms with Gasteiger partial charge in [0, 0.05) is 11.6 Å². The smallest absolute Gasteiger partial charge is 0.206 e. The van der Waals surface area contributed by atoms with Gasteiger partial charge >= 0.3 is 0 Å². The van der Waals surface area contributed by atoms with Crippen LogP contribution < -0.4 is 0 Å². The molecule has 0 amide bonds. The van der Waals surface area contributed by atoms with Crippen molar-refractivity contribution in [1.82, 2.24) is 4.98 Å². The third-order valence-corrected chi connectivity index (χ3v) is 6.05. The number of pyridine rings is 1. The number of hydrogen-bond donors (Lipinski definition) is 0. The van der Waals surface area contributed by atoms with E-state index in [1.165, 1.54) is 0 Å². The Bertz CT molecular complexity index is 1120. The van der Waals surface area contributed by atoms with E-state index in [0.717, 1.165) is 50.1 Å². The first kappa shape index (κ1) is 14.8. The zero-order valence-electron chi connectivity index (χ0n) is 13.3. The highest BCUT2D eigenvalue weighted by molar-refractivity contribution is 8.13. The van der Waals surface area contributed by atoms with Crippen molar-refractivity contribution in [3.8, 4) is 0 Å². The van der Waals surface area contributed by atoms with E-state index in [9.17, 15) is 9.18 Å². The maximum Gasteiger partial charge on any atom is 0.206 e. The second kappa shape index (κ2) is 5.27. The molecule has 0 bridgehead atoms. The largest absolute Gasteiger partial charge is 0.286 e. The Morgan fingerprint density at radius 2 is 2.04 bits per heavy atom. The number of aromatic nitrogens is 1. The molecule has 25 heavy (non-hydrogen) atoms. The van der Waals surface area contributed by atoms with Crippen LogP contribution in [0.4, 0.5) is 4.39 Å². The van der Waals surface area contributed by atoms with Crippen LogP contribution in [0.3, 0.4) is 0 Å². The normalized spacial score (nSPS) is 20.8. The van der Waals surface area contributed by atoms with E-state index < -0.39 is 11.4 Å². The number of carbonyl (C=O) groups is 1. The predicted molar refractivity (Wildman–Crippen MR) is 101 cm³/mol. The number of rotatable bonds is 2. The van der Waals surface area contributed by atoms with Gasteiger partial charge in [-0.25, -0.2) is 4.39 Å². The van der Waals surface area contributed by atoms with Crippen molar-refractivity contribution in [2.24, 2.45) is 0 Å². The molecule has 1 unspecified atom stereocenters. The van der Waals surface area contributed by atoms with Gasteiger partial charge < -0.3 is 0 Å². The van der Waals surface area contributed by atoms with Gasteiger partial charge in [-0.15, -0.1) is 0 Å². The third kappa shape index (κ3) is 1.86. The minimum Gasteiger partial charge on any atom is -0.286 e. The Morgan fingerprint density at radius 3 is 2.92 bits per heavy atom. The lowest BCUT2D eigenvalue weighted by Gasteiger charge is -2.26. The summed E-state index contributed by atoms with van der Waals surface area (Å²) in [5.41, 5.74) is 3.29. The molecule has 0 aliphatic heterocycles. The summed E-state index contributed by atoms with van der Waals surface area (Å²) in [6.07, 6.45) is 8.52. The first-order valence-corrected chi connectivity index (χ1v) is 9.17. The lowest BCUT2D eigenvalue weighted by molar-refractivity contribution is -0.114. The topological polar surface area (TPSA) is 30.0 Å². The fourth-order valence-corrected chi connectivity index (χ4v) is 4.87. The predicted octanol–water partition coefficient (Wildman–Crippen LogP) is 5.17. The molecule has 1 atom stereocenters. The van der Waals surface area contributed by atoms with Crippen LogP contribution in [0.2, 0.25) is 0 Å². The molecule has 4 heteroatoms. The Hall–Kier alpha value is -2.46. The molecule has 0 spiro atoms. The molecule has 0 saturated heterocycles. The van der Waals surface area contributed by atoms with Crippen LogP contribution in [-0.4, -0.2) is 16.1 Å². The van der Waals surface area contributed by atoms with Gasteiger partial charge in [-0.05, 0) is 52.1 Å². The quantitative estimate of drug-likeness (QED) is 0.599. The van der Waals surface area contributed by atoms with E-state index >= 15 is 0 Å². The van der Waals surface area contributed by atoms with Gasteiger partial charge in [0.25, 0.3) is 0 Å². The van der Waals surface area contributed by atoms with Crippen LogP contribution in [0.5, 0.6) is 0 Å². The van der Waals surface area contributed by atoms with E-state index in [2.05, 4.69) is 29.3 Å². The highest BCUT2D eigenvalue weighted by atomic mass is 32.2. The number of allylic oxidation sites excluding steroid dienone is 3. The van der Waals surface area contributed by atoms with Crippen LogP contribution in [-0.2, 0) is 10.2 Å². The van der Waals surface area contributed by atoms with Crippen molar-refractivity contribution >= 4 is 44.6 Å². The molecule has 3 aromatic rings. The first-order valence-electron chi connectivity index (χ1n) is 8.18. The van der Waals surface area contributed by atoms with Crippen molar-refractivity contribution in [1.29, 1.82) is 0 Å². The number of fused-ring (bicyclic) bond motifs is 7. The molecule has 2 aliphatic carbocycles. The summed E-state index contributed by atoms with van der Waals surface area (Å²) in [7, 11) is 0. The van der Waals surface area contributed by atoms with E-state index in [0.29, 0.717) is 6.42 Å². The summed E-state index contributed by atoms with van der Waals surface area (Å²) in [4.78, 5) is 17.2. The number of alkyl halides is 1. The summed E-state index contributed by atoms with van der Waals surface area (Å²) < 4.78 is 12.8. The van der Waals surface area contributed by atoms with Gasteiger partial charge in [0.05, 0.1) is 10.9 Å². The van der Waals surface area contributed by atoms with Gasteiger partial charge in [-0.2, -0.15) is 0 Å². The van der Waals surface area contributed by atoms with Crippen molar-refractivity contribution < 1.29 is 9.18 Å². The molecule has 1 heterocycles. The highest BCUT2D eigenvalue weighted by Crippen LogP contribution is 2.53. The molecule has 1 aromatic heterocycles. The van der Waals surface area contributed by atoms with Crippen LogP contribution in [0.25, 0.3) is 27.8 Å². The van der Waals surface area contributed by atoms with E-state index in [4.69, 9.17) is 0 Å². The van der Waals surface area contributed by atoms with Crippen LogP contribution in [0.15, 0.2) is 60.3 Å². The maximum atomic E-state index is 12.8. The number of carbonyl (C=O) groups excluding carboxylic acids is 1. The van der Waals surface area contributed by atoms with E-state index in [-0.39, 0.29) is 5.12 Å². The summed E-state index contributed by atoms with van der Waals surface area (Å²) in [6, 6.07) is 11.5. The minimum absolute atomic E-state index is 0.105. The average molecular weight is 347 g/mol. The first-order chi connectivity index (χ1) is 12.3. The monoisotopic (exact) mass is 347 g/mol. The minimum atomic E-state index is -0.718. The van der Waals surface area contributed by atoms with Gasteiger partial charge in [-0.1, -0.05) is 48.2 Å². The molecule has 0 fully saturated rings. The van der Waals surface area contributed by atoms with E-state index in [1.807, 2.05) is 30.4 Å². The Kier molecular flexibility index (Phi) is 3.13. The van der Waals surface area contributed by atoms with Crippen LogP contribution in [0, 0.1) is 0 Å². The lowest BCUT2D eigenvalue weighted by Crippen LogP contribution is -2.31. The van der Waals surface area contributed by atoms with Gasteiger partial charge in [-0.3, -0.25) is 9.78 Å². The molecular weight excluding hydrogens is 333 g/mol. The van der Waals surface area contributed by atoms with Crippen LogP contribution >= 0.6 is 11.8 Å². The molecule has 0 N–H and O–H groups in total. The van der Waals surface area contributed by atoms with Gasteiger partial charge in [0.15, 0.2) is 0 Å². The fraction of sp³-hybridized carbons (Fsp3) is 0.143. The summed E-state index contributed by atoms with van der Waals surface area (Å²) in [5, 5.41) is 3.25. The summed E-state index contributed by atoms with van der Waals surface area (Å²) >= 11 is 0.771. The molecular formula is C21H14FNOS. The molecule has 2 aliphatic rings. The van der Waals surface area contributed by atoms with Crippen molar-refractivity contribution in [2.75, 3.05) is 6.01 Å². The highest BCUT2D eigenvalue weighted by Gasteiger charge is 2.48. The summed E-state index contributed by atoms with van der Waals surface area (Å²) in [5.74, 6) is 0. The second-order valence-corrected chi connectivity index (χ2v) is 7.29. The van der Waals surface area contributed by atoms with Gasteiger partial charge in [0.2, 0.25) is 5.12 Å². The second-order valence-electron chi connectivity index (χ2n) is 6.41. The van der Waals surface area contributed by atoms with Crippen molar-refractivity contribution in [3.05, 3.63) is 71.4 Å². The Labute approximate surface area is 148 Å². The summed E-state index contributed by atoms with van der Waals surface area (Å²) in [6.45, 7) is 0. The third-order valence-electron chi connectivity index (χ3n) is 5.33. The lowest BCUT2D eigenvalue weighted by atomic mass is 9.78. The number of benzene rings is 2. The SMILES string of the molecule is O=C(SCF)C12CC=CC1=Cc1c2ccc2c1ccc1ncccc12. The maximum absolute atomic E-state index is 12.8. The average Bonchev–Trinajstić information content (AvgIpc) is 3.19. The molecule has 0 radical (unpaired) electrons. The number of nitrogens with zero attached hydrogens (tertiary/aromatic N) is 1. The standard InChI is InChI=1S/C21H14FNOS/c22-12-25-20(24)21-9-1-3-13(21)11-17-15-6-8-19-16(4-2-10-23-19)14(15)5-7-18(17)21/h1-8,10-11H,9,12H2. The molecule has 5 rings (SSSR count).